The molecule has 90 valence electrons. The SMILES string of the molecule is Cc1nc(COC2CCCC2CN)sc1C. The van der Waals surface area contributed by atoms with Gasteiger partial charge in [0, 0.05) is 4.88 Å². The van der Waals surface area contributed by atoms with Crippen LogP contribution in [0.1, 0.15) is 34.8 Å². The summed E-state index contributed by atoms with van der Waals surface area (Å²) in [5.74, 6) is 0.558. The maximum absolute atomic E-state index is 5.93. The minimum Gasteiger partial charge on any atom is -0.371 e. The van der Waals surface area contributed by atoms with Gasteiger partial charge in [0.05, 0.1) is 18.4 Å². The molecule has 2 rings (SSSR count). The molecule has 1 aromatic heterocycles. The smallest absolute Gasteiger partial charge is 0.119 e. The van der Waals surface area contributed by atoms with Gasteiger partial charge in [-0.15, -0.1) is 11.3 Å². The molecule has 0 spiro atoms. The molecule has 0 amide bonds. The quantitative estimate of drug-likeness (QED) is 0.879. The van der Waals surface area contributed by atoms with Crippen LogP contribution in [0.2, 0.25) is 0 Å². The summed E-state index contributed by atoms with van der Waals surface area (Å²) < 4.78 is 5.93. The third-order valence-electron chi connectivity index (χ3n) is 3.39. The third-order valence-corrected chi connectivity index (χ3v) is 4.43. The van der Waals surface area contributed by atoms with Gasteiger partial charge in [0.2, 0.25) is 0 Å². The summed E-state index contributed by atoms with van der Waals surface area (Å²) in [6.07, 6.45) is 3.99. The topological polar surface area (TPSA) is 48.1 Å². The summed E-state index contributed by atoms with van der Waals surface area (Å²) in [4.78, 5) is 5.78. The minimum atomic E-state index is 0.356. The van der Waals surface area contributed by atoms with Crippen molar-refractivity contribution in [1.29, 1.82) is 0 Å². The lowest BCUT2D eigenvalue weighted by molar-refractivity contribution is 0.0181. The summed E-state index contributed by atoms with van der Waals surface area (Å²) in [5.41, 5.74) is 6.86. The van der Waals surface area contributed by atoms with E-state index < -0.39 is 0 Å². The summed E-state index contributed by atoms with van der Waals surface area (Å²) in [7, 11) is 0. The van der Waals surface area contributed by atoms with Crippen LogP contribution in [0.4, 0.5) is 0 Å². The van der Waals surface area contributed by atoms with Gasteiger partial charge in [0.25, 0.3) is 0 Å². The molecule has 0 aliphatic heterocycles. The zero-order valence-electron chi connectivity index (χ0n) is 10.0. The highest BCUT2D eigenvalue weighted by Gasteiger charge is 2.26. The molecule has 2 N–H and O–H groups in total. The number of aromatic nitrogens is 1. The average Bonchev–Trinajstić information content (AvgIpc) is 2.83. The van der Waals surface area contributed by atoms with Crippen molar-refractivity contribution in [1.82, 2.24) is 4.98 Å². The molecule has 0 saturated heterocycles. The van der Waals surface area contributed by atoms with E-state index in [1.165, 1.54) is 17.7 Å². The molecule has 1 aliphatic carbocycles. The Kier molecular flexibility index (Phi) is 3.95. The molecule has 2 atom stereocenters. The van der Waals surface area contributed by atoms with Gasteiger partial charge in [0.15, 0.2) is 0 Å². The Balaban J connectivity index is 1.87. The molecule has 1 aromatic rings. The van der Waals surface area contributed by atoms with Gasteiger partial charge in [-0.3, -0.25) is 0 Å². The van der Waals surface area contributed by atoms with Crippen molar-refractivity contribution in [3.05, 3.63) is 15.6 Å². The molecule has 2 unspecified atom stereocenters. The highest BCUT2D eigenvalue weighted by molar-refractivity contribution is 7.11. The van der Waals surface area contributed by atoms with E-state index in [1.54, 1.807) is 11.3 Å². The minimum absolute atomic E-state index is 0.356. The zero-order chi connectivity index (χ0) is 11.5. The molecule has 3 nitrogen and oxygen atoms in total. The van der Waals surface area contributed by atoms with E-state index in [0.29, 0.717) is 18.6 Å². The van der Waals surface area contributed by atoms with Gasteiger partial charge in [-0.1, -0.05) is 6.42 Å². The third kappa shape index (κ3) is 2.62. The Labute approximate surface area is 101 Å². The maximum Gasteiger partial charge on any atom is 0.119 e. The Morgan fingerprint density at radius 2 is 2.25 bits per heavy atom. The van der Waals surface area contributed by atoms with E-state index in [0.717, 1.165) is 23.7 Å². The normalized spacial score (nSPS) is 25.2. The standard InChI is InChI=1S/C12H20N2OS/c1-8-9(2)16-12(14-8)7-15-11-5-3-4-10(11)6-13/h10-11H,3-7,13H2,1-2H3. The van der Waals surface area contributed by atoms with Crippen LogP contribution in [0.3, 0.4) is 0 Å². The van der Waals surface area contributed by atoms with Crippen LogP contribution in [-0.4, -0.2) is 17.6 Å². The number of thiazole rings is 1. The molecule has 0 radical (unpaired) electrons. The van der Waals surface area contributed by atoms with Crippen LogP contribution in [0.5, 0.6) is 0 Å². The van der Waals surface area contributed by atoms with E-state index in [1.807, 2.05) is 6.92 Å². The Bertz CT molecular complexity index is 331. The van der Waals surface area contributed by atoms with Gasteiger partial charge >= 0.3 is 0 Å². The molecule has 16 heavy (non-hydrogen) atoms. The van der Waals surface area contributed by atoms with E-state index >= 15 is 0 Å². The Hall–Kier alpha value is -0.450. The number of rotatable bonds is 4. The lowest BCUT2D eigenvalue weighted by Gasteiger charge is -2.17. The summed E-state index contributed by atoms with van der Waals surface area (Å²) in [6, 6.07) is 0. The first-order chi connectivity index (χ1) is 7.70. The fourth-order valence-electron chi connectivity index (χ4n) is 2.27. The second-order valence-corrected chi connectivity index (χ2v) is 5.81. The van der Waals surface area contributed by atoms with Crippen molar-refractivity contribution in [3.63, 3.8) is 0 Å². The summed E-state index contributed by atoms with van der Waals surface area (Å²) in [5, 5.41) is 1.10. The van der Waals surface area contributed by atoms with Crippen LogP contribution < -0.4 is 5.73 Å². The van der Waals surface area contributed by atoms with E-state index in [9.17, 15) is 0 Å². The van der Waals surface area contributed by atoms with Crippen LogP contribution in [-0.2, 0) is 11.3 Å². The monoisotopic (exact) mass is 240 g/mol. The van der Waals surface area contributed by atoms with Crippen molar-refractivity contribution in [2.45, 2.75) is 45.8 Å². The molecule has 1 saturated carbocycles. The highest BCUT2D eigenvalue weighted by Crippen LogP contribution is 2.28. The molecule has 1 fully saturated rings. The number of hydrogen-bond donors (Lipinski definition) is 1. The van der Waals surface area contributed by atoms with Gasteiger partial charge in [-0.2, -0.15) is 0 Å². The number of nitrogens with zero attached hydrogens (tertiary/aromatic N) is 1. The fourth-order valence-corrected chi connectivity index (χ4v) is 3.13. The van der Waals surface area contributed by atoms with Gasteiger partial charge in [-0.05, 0) is 39.2 Å². The molecule has 4 heteroatoms. The lowest BCUT2D eigenvalue weighted by atomic mass is 10.1. The predicted octanol–water partition coefficient (Wildman–Crippen LogP) is 2.40. The van der Waals surface area contributed by atoms with Crippen molar-refractivity contribution in [2.24, 2.45) is 11.7 Å². The second kappa shape index (κ2) is 5.25. The first kappa shape index (κ1) is 12.0. The van der Waals surface area contributed by atoms with Gasteiger partial charge < -0.3 is 10.5 Å². The number of aryl methyl sites for hydroxylation is 2. The second-order valence-electron chi connectivity index (χ2n) is 4.53. The van der Waals surface area contributed by atoms with Crippen molar-refractivity contribution in [3.8, 4) is 0 Å². The molecule has 1 heterocycles. The maximum atomic E-state index is 5.93. The Morgan fingerprint density at radius 1 is 1.44 bits per heavy atom. The molecular weight excluding hydrogens is 220 g/mol. The van der Waals surface area contributed by atoms with Crippen molar-refractivity contribution >= 4 is 11.3 Å². The molecule has 1 aliphatic rings. The van der Waals surface area contributed by atoms with E-state index in [4.69, 9.17) is 10.5 Å². The summed E-state index contributed by atoms with van der Waals surface area (Å²) in [6.45, 7) is 5.56. The Morgan fingerprint density at radius 3 is 2.88 bits per heavy atom. The molecule has 0 aromatic carbocycles. The first-order valence-corrected chi connectivity index (χ1v) is 6.77. The molecular formula is C12H20N2OS. The number of nitrogens with two attached hydrogens (primary N) is 1. The van der Waals surface area contributed by atoms with Crippen LogP contribution in [0.15, 0.2) is 0 Å². The number of ether oxygens (including phenoxy) is 1. The summed E-state index contributed by atoms with van der Waals surface area (Å²) >= 11 is 1.74. The van der Waals surface area contributed by atoms with Crippen molar-refractivity contribution < 1.29 is 4.74 Å². The van der Waals surface area contributed by atoms with Gasteiger partial charge in [0.1, 0.15) is 5.01 Å². The van der Waals surface area contributed by atoms with Crippen molar-refractivity contribution in [2.75, 3.05) is 6.54 Å². The highest BCUT2D eigenvalue weighted by atomic mass is 32.1. The lowest BCUT2D eigenvalue weighted by Crippen LogP contribution is -2.25. The largest absolute Gasteiger partial charge is 0.371 e. The van der Waals surface area contributed by atoms with Crippen LogP contribution >= 0.6 is 11.3 Å². The van der Waals surface area contributed by atoms with Gasteiger partial charge in [-0.25, -0.2) is 4.98 Å². The zero-order valence-corrected chi connectivity index (χ0v) is 10.8. The average molecular weight is 240 g/mol. The molecule has 0 bridgehead atoms. The van der Waals surface area contributed by atoms with E-state index in [-0.39, 0.29) is 0 Å². The van der Waals surface area contributed by atoms with Crippen LogP contribution in [0, 0.1) is 19.8 Å². The number of hydrogen-bond acceptors (Lipinski definition) is 4. The fraction of sp³-hybridized carbons (Fsp3) is 0.750. The van der Waals surface area contributed by atoms with Crippen LogP contribution in [0.25, 0.3) is 0 Å². The van der Waals surface area contributed by atoms with E-state index in [2.05, 4.69) is 11.9 Å². The first-order valence-electron chi connectivity index (χ1n) is 5.95. The predicted molar refractivity (Wildman–Crippen MR) is 66.6 cm³/mol.